The third-order valence-corrected chi connectivity index (χ3v) is 3.23. The van der Waals surface area contributed by atoms with Gasteiger partial charge in [0.2, 0.25) is 0 Å². The summed E-state index contributed by atoms with van der Waals surface area (Å²) >= 11 is 1.58. The van der Waals surface area contributed by atoms with E-state index in [0.717, 1.165) is 11.3 Å². The Hall–Kier alpha value is -2.13. The van der Waals surface area contributed by atoms with Gasteiger partial charge in [0.25, 0.3) is 0 Å². The maximum absolute atomic E-state index is 11.5. The van der Waals surface area contributed by atoms with Gasteiger partial charge >= 0.3 is 12.0 Å². The van der Waals surface area contributed by atoms with Crippen LogP contribution in [0.15, 0.2) is 24.3 Å². The zero-order valence-electron chi connectivity index (χ0n) is 10.9. The van der Waals surface area contributed by atoms with Crippen molar-refractivity contribution >= 4 is 23.8 Å². The molecule has 1 aromatic carbocycles. The number of carboxylic acids is 1. The maximum atomic E-state index is 11.5. The van der Waals surface area contributed by atoms with Crippen LogP contribution in [0.25, 0.3) is 0 Å². The lowest BCUT2D eigenvalue weighted by molar-refractivity contribution is 0.0697. The van der Waals surface area contributed by atoms with Crippen LogP contribution in [0.4, 0.5) is 4.79 Å². The molecule has 3 N–H and O–H groups in total. The van der Waals surface area contributed by atoms with Crippen molar-refractivity contribution in [2.75, 3.05) is 18.1 Å². The van der Waals surface area contributed by atoms with Gasteiger partial charge in [0.15, 0.2) is 0 Å². The minimum Gasteiger partial charge on any atom is -0.478 e. The first-order chi connectivity index (χ1) is 9.63. The normalized spacial score (nSPS) is 9.55. The molecule has 106 valence electrons. The molecule has 0 heterocycles. The van der Waals surface area contributed by atoms with Crippen LogP contribution in [0.3, 0.4) is 0 Å². The van der Waals surface area contributed by atoms with Crippen molar-refractivity contribution in [2.45, 2.75) is 6.54 Å². The van der Waals surface area contributed by atoms with Crippen molar-refractivity contribution in [2.24, 2.45) is 0 Å². The Labute approximate surface area is 122 Å². The van der Waals surface area contributed by atoms with Crippen LogP contribution in [-0.2, 0) is 6.54 Å². The summed E-state index contributed by atoms with van der Waals surface area (Å²) in [7, 11) is 0. The standard InChI is InChI=1S/C14H16N2O3S/c1-2-8-20-9-7-15-14(19)16-10-11-3-5-12(6-4-11)13(17)18/h1,3-6H,7-10H2,(H,17,18)(H2,15,16,19). The molecule has 0 saturated carbocycles. The van der Waals surface area contributed by atoms with E-state index in [9.17, 15) is 9.59 Å². The molecule has 0 atom stereocenters. The van der Waals surface area contributed by atoms with E-state index in [2.05, 4.69) is 16.6 Å². The second-order valence-corrected chi connectivity index (χ2v) is 4.97. The van der Waals surface area contributed by atoms with E-state index in [1.54, 1.807) is 23.9 Å². The fraction of sp³-hybridized carbons (Fsp3) is 0.286. The second kappa shape index (κ2) is 8.88. The van der Waals surface area contributed by atoms with Crippen molar-refractivity contribution in [3.8, 4) is 12.3 Å². The van der Waals surface area contributed by atoms with Gasteiger partial charge in [-0.05, 0) is 17.7 Å². The number of amides is 2. The predicted octanol–water partition coefficient (Wildman–Crippen LogP) is 1.55. The summed E-state index contributed by atoms with van der Waals surface area (Å²) in [5, 5.41) is 14.2. The number of carboxylic acid groups (broad SMARTS) is 1. The number of carbonyl (C=O) groups is 2. The van der Waals surface area contributed by atoms with Crippen molar-refractivity contribution in [3.05, 3.63) is 35.4 Å². The summed E-state index contributed by atoms with van der Waals surface area (Å²) in [6.07, 6.45) is 5.10. The molecule has 1 rings (SSSR count). The molecule has 0 radical (unpaired) electrons. The summed E-state index contributed by atoms with van der Waals surface area (Å²) < 4.78 is 0. The Morgan fingerprint density at radius 1 is 1.25 bits per heavy atom. The summed E-state index contributed by atoms with van der Waals surface area (Å²) in [5.74, 6) is 2.95. The Kier molecular flexibility index (Phi) is 7.07. The number of aromatic carboxylic acids is 1. The van der Waals surface area contributed by atoms with Crippen molar-refractivity contribution < 1.29 is 14.7 Å². The Morgan fingerprint density at radius 3 is 2.55 bits per heavy atom. The zero-order chi connectivity index (χ0) is 14.8. The van der Waals surface area contributed by atoms with Crippen LogP contribution in [0.1, 0.15) is 15.9 Å². The fourth-order valence-electron chi connectivity index (χ4n) is 1.38. The monoisotopic (exact) mass is 292 g/mol. The first-order valence-electron chi connectivity index (χ1n) is 5.98. The van der Waals surface area contributed by atoms with E-state index in [4.69, 9.17) is 11.5 Å². The SMILES string of the molecule is C#CCSCCNC(=O)NCc1ccc(C(=O)O)cc1. The fourth-order valence-corrected chi connectivity index (χ4v) is 1.89. The molecule has 0 saturated heterocycles. The minimum absolute atomic E-state index is 0.226. The van der Waals surface area contributed by atoms with Crippen LogP contribution in [0.2, 0.25) is 0 Å². The summed E-state index contributed by atoms with van der Waals surface area (Å²) in [6.45, 7) is 0.902. The topological polar surface area (TPSA) is 78.4 Å². The number of rotatable bonds is 7. The molecule has 0 aliphatic rings. The summed E-state index contributed by atoms with van der Waals surface area (Å²) in [5.41, 5.74) is 1.07. The summed E-state index contributed by atoms with van der Waals surface area (Å²) in [4.78, 5) is 22.1. The van der Waals surface area contributed by atoms with E-state index in [-0.39, 0.29) is 11.6 Å². The number of hydrogen-bond acceptors (Lipinski definition) is 3. The number of carbonyl (C=O) groups excluding carboxylic acids is 1. The minimum atomic E-state index is -0.966. The quantitative estimate of drug-likeness (QED) is 0.526. The van der Waals surface area contributed by atoms with E-state index < -0.39 is 5.97 Å². The lowest BCUT2D eigenvalue weighted by Crippen LogP contribution is -2.36. The number of hydrogen-bond donors (Lipinski definition) is 3. The smallest absolute Gasteiger partial charge is 0.335 e. The van der Waals surface area contributed by atoms with Crippen molar-refractivity contribution in [1.82, 2.24) is 10.6 Å². The number of terminal acetylenes is 1. The Bertz CT molecular complexity index is 494. The predicted molar refractivity (Wildman–Crippen MR) is 79.8 cm³/mol. The van der Waals surface area contributed by atoms with Gasteiger partial charge in [0.1, 0.15) is 0 Å². The molecule has 6 heteroatoms. The van der Waals surface area contributed by atoms with E-state index >= 15 is 0 Å². The molecule has 0 bridgehead atoms. The third-order valence-electron chi connectivity index (χ3n) is 2.37. The number of thioether (sulfide) groups is 1. The lowest BCUT2D eigenvalue weighted by Gasteiger charge is -2.07. The van der Waals surface area contributed by atoms with E-state index in [1.165, 1.54) is 12.1 Å². The molecule has 0 aromatic heterocycles. The average Bonchev–Trinajstić information content (AvgIpc) is 2.45. The van der Waals surface area contributed by atoms with Crippen molar-refractivity contribution in [1.29, 1.82) is 0 Å². The number of nitrogens with one attached hydrogen (secondary N) is 2. The molecule has 5 nitrogen and oxygen atoms in total. The van der Waals surface area contributed by atoms with Gasteiger partial charge in [0, 0.05) is 18.8 Å². The molecule has 2 amide bonds. The van der Waals surface area contributed by atoms with Crippen LogP contribution in [0, 0.1) is 12.3 Å². The largest absolute Gasteiger partial charge is 0.478 e. The molecule has 0 aliphatic carbocycles. The van der Waals surface area contributed by atoms with Crippen LogP contribution in [0.5, 0.6) is 0 Å². The van der Waals surface area contributed by atoms with Gasteiger partial charge in [-0.2, -0.15) is 0 Å². The Morgan fingerprint density at radius 2 is 1.95 bits per heavy atom. The molecular weight excluding hydrogens is 276 g/mol. The van der Waals surface area contributed by atoms with Gasteiger partial charge in [-0.25, -0.2) is 9.59 Å². The van der Waals surface area contributed by atoms with Crippen molar-refractivity contribution in [3.63, 3.8) is 0 Å². The maximum Gasteiger partial charge on any atom is 0.335 e. The molecule has 0 spiro atoms. The molecule has 1 aromatic rings. The number of benzene rings is 1. The van der Waals surface area contributed by atoms with Crippen LogP contribution >= 0.6 is 11.8 Å². The van der Waals surface area contributed by atoms with Gasteiger partial charge in [0.05, 0.1) is 11.3 Å². The highest BCUT2D eigenvalue weighted by molar-refractivity contribution is 7.99. The summed E-state index contributed by atoms with van der Waals surface area (Å²) in [6, 6.07) is 6.11. The van der Waals surface area contributed by atoms with E-state index in [1.807, 2.05) is 0 Å². The first-order valence-corrected chi connectivity index (χ1v) is 7.14. The van der Waals surface area contributed by atoms with Gasteiger partial charge in [-0.3, -0.25) is 0 Å². The first kappa shape index (κ1) is 15.9. The second-order valence-electron chi connectivity index (χ2n) is 3.87. The van der Waals surface area contributed by atoms with Gasteiger partial charge in [-0.1, -0.05) is 18.1 Å². The van der Waals surface area contributed by atoms with Crippen LogP contribution in [-0.4, -0.2) is 35.2 Å². The molecular formula is C14H16N2O3S. The molecule has 20 heavy (non-hydrogen) atoms. The van der Waals surface area contributed by atoms with Gasteiger partial charge in [-0.15, -0.1) is 18.2 Å². The highest BCUT2D eigenvalue weighted by Crippen LogP contribution is 2.04. The van der Waals surface area contributed by atoms with E-state index in [0.29, 0.717) is 18.8 Å². The highest BCUT2D eigenvalue weighted by atomic mass is 32.2. The van der Waals surface area contributed by atoms with Crippen LogP contribution < -0.4 is 10.6 Å². The molecule has 0 aliphatic heterocycles. The number of urea groups is 1. The highest BCUT2D eigenvalue weighted by Gasteiger charge is 2.03. The zero-order valence-corrected chi connectivity index (χ0v) is 11.7. The third kappa shape index (κ3) is 6.16. The lowest BCUT2D eigenvalue weighted by atomic mass is 10.1. The molecule has 0 fully saturated rings. The average molecular weight is 292 g/mol. The van der Waals surface area contributed by atoms with Gasteiger partial charge < -0.3 is 15.7 Å². The Balaban J connectivity index is 2.24. The molecule has 0 unspecified atom stereocenters.